The van der Waals surface area contributed by atoms with Crippen LogP contribution in [0.5, 0.6) is 0 Å². The molecule has 84 valence electrons. The van der Waals surface area contributed by atoms with Gasteiger partial charge in [-0.25, -0.2) is 0 Å². The summed E-state index contributed by atoms with van der Waals surface area (Å²) in [4.78, 5) is 0. The van der Waals surface area contributed by atoms with Crippen molar-refractivity contribution in [3.05, 3.63) is 57.6 Å². The molecule has 0 radical (unpaired) electrons. The molecular weight excluding hydrogens is 315 g/mol. The van der Waals surface area contributed by atoms with Gasteiger partial charge in [0.15, 0.2) is 0 Å². The summed E-state index contributed by atoms with van der Waals surface area (Å²) in [6.45, 7) is 1.80. The van der Waals surface area contributed by atoms with Crippen LogP contribution in [0.3, 0.4) is 0 Å². The molecule has 0 fully saturated rings. The average Bonchev–Trinajstić information content (AvgIpc) is 2.70. The zero-order valence-electron chi connectivity index (χ0n) is 8.98. The summed E-state index contributed by atoms with van der Waals surface area (Å²) in [6.07, 6.45) is 2.11. The van der Waals surface area contributed by atoms with Gasteiger partial charge in [0.2, 0.25) is 0 Å². The second kappa shape index (κ2) is 4.59. The molecule has 0 aliphatic heterocycles. The van der Waals surface area contributed by atoms with Crippen molar-refractivity contribution in [1.82, 2.24) is 0 Å². The molecule has 16 heavy (non-hydrogen) atoms. The lowest BCUT2D eigenvalue weighted by Crippen LogP contribution is -2.23. The van der Waals surface area contributed by atoms with Gasteiger partial charge < -0.3 is 9.52 Å². The van der Waals surface area contributed by atoms with Gasteiger partial charge in [0, 0.05) is 9.99 Å². The maximum Gasteiger partial charge on any atom is 0.106 e. The standard InChI is InChI=1S/C13H13IO2/c1-13(15,9-12-3-2-8-16-12)10-4-6-11(14)7-5-10/h2-8,15H,9H2,1H3. The van der Waals surface area contributed by atoms with E-state index in [1.807, 2.05) is 36.4 Å². The molecule has 1 aromatic carbocycles. The van der Waals surface area contributed by atoms with Crippen LogP contribution in [0.25, 0.3) is 0 Å². The van der Waals surface area contributed by atoms with Crippen molar-refractivity contribution in [1.29, 1.82) is 0 Å². The van der Waals surface area contributed by atoms with Gasteiger partial charge in [0.25, 0.3) is 0 Å². The maximum atomic E-state index is 10.4. The van der Waals surface area contributed by atoms with E-state index in [1.165, 1.54) is 0 Å². The molecule has 2 nitrogen and oxygen atoms in total. The Labute approximate surface area is 108 Å². The zero-order valence-corrected chi connectivity index (χ0v) is 11.1. The first-order valence-electron chi connectivity index (χ1n) is 5.09. The summed E-state index contributed by atoms with van der Waals surface area (Å²) >= 11 is 2.25. The molecule has 1 N–H and O–H groups in total. The number of aliphatic hydroxyl groups is 1. The summed E-state index contributed by atoms with van der Waals surface area (Å²) in [6, 6.07) is 11.6. The summed E-state index contributed by atoms with van der Waals surface area (Å²) in [5.74, 6) is 0.795. The van der Waals surface area contributed by atoms with Crippen molar-refractivity contribution in [2.75, 3.05) is 0 Å². The number of furan rings is 1. The van der Waals surface area contributed by atoms with Gasteiger partial charge in [0.05, 0.1) is 11.9 Å². The zero-order chi connectivity index (χ0) is 11.6. The lowest BCUT2D eigenvalue weighted by atomic mass is 9.92. The first kappa shape index (κ1) is 11.7. The van der Waals surface area contributed by atoms with Gasteiger partial charge in [-0.2, -0.15) is 0 Å². The molecule has 0 saturated heterocycles. The Hall–Kier alpha value is -0.810. The Kier molecular flexibility index (Phi) is 3.35. The Morgan fingerprint density at radius 2 is 1.94 bits per heavy atom. The molecular formula is C13H13IO2. The first-order chi connectivity index (χ1) is 7.58. The van der Waals surface area contributed by atoms with Gasteiger partial charge in [-0.3, -0.25) is 0 Å². The second-order valence-corrected chi connectivity index (χ2v) is 5.28. The Balaban J connectivity index is 2.21. The highest BCUT2D eigenvalue weighted by Crippen LogP contribution is 2.25. The highest BCUT2D eigenvalue weighted by atomic mass is 127. The Morgan fingerprint density at radius 1 is 1.25 bits per heavy atom. The van der Waals surface area contributed by atoms with E-state index in [4.69, 9.17) is 4.42 Å². The van der Waals surface area contributed by atoms with Crippen LogP contribution < -0.4 is 0 Å². The van der Waals surface area contributed by atoms with E-state index < -0.39 is 5.60 Å². The van der Waals surface area contributed by atoms with Crippen molar-refractivity contribution in [3.8, 4) is 0 Å². The van der Waals surface area contributed by atoms with Crippen LogP contribution in [-0.2, 0) is 12.0 Å². The van der Waals surface area contributed by atoms with E-state index in [1.54, 1.807) is 13.2 Å². The molecule has 2 rings (SSSR count). The van der Waals surface area contributed by atoms with E-state index in [2.05, 4.69) is 22.6 Å². The minimum atomic E-state index is -0.887. The van der Waals surface area contributed by atoms with E-state index in [-0.39, 0.29) is 0 Å². The van der Waals surface area contributed by atoms with E-state index in [0.29, 0.717) is 6.42 Å². The smallest absolute Gasteiger partial charge is 0.106 e. The molecule has 0 amide bonds. The Morgan fingerprint density at radius 3 is 2.50 bits per heavy atom. The molecule has 3 heteroatoms. The molecule has 2 aromatic rings. The molecule has 1 heterocycles. The summed E-state index contributed by atoms with van der Waals surface area (Å²) in [5.41, 5.74) is 0.0201. The first-order valence-corrected chi connectivity index (χ1v) is 6.16. The van der Waals surface area contributed by atoms with Gasteiger partial charge in [-0.05, 0) is 59.3 Å². The molecule has 0 saturated carbocycles. The quantitative estimate of drug-likeness (QED) is 0.877. The predicted octanol–water partition coefficient (Wildman–Crippen LogP) is 3.33. The van der Waals surface area contributed by atoms with Crippen molar-refractivity contribution in [2.24, 2.45) is 0 Å². The summed E-state index contributed by atoms with van der Waals surface area (Å²) < 4.78 is 6.42. The van der Waals surface area contributed by atoms with Crippen LogP contribution >= 0.6 is 22.6 Å². The fraction of sp³-hybridized carbons (Fsp3) is 0.231. The third kappa shape index (κ3) is 2.65. The maximum absolute atomic E-state index is 10.4. The van der Waals surface area contributed by atoms with Crippen molar-refractivity contribution in [3.63, 3.8) is 0 Å². The highest BCUT2D eigenvalue weighted by Gasteiger charge is 2.24. The number of halogens is 1. The van der Waals surface area contributed by atoms with Crippen LogP contribution in [0, 0.1) is 3.57 Å². The topological polar surface area (TPSA) is 33.4 Å². The molecule has 0 aliphatic rings. The summed E-state index contributed by atoms with van der Waals surface area (Å²) in [7, 11) is 0. The molecule has 1 unspecified atom stereocenters. The van der Waals surface area contributed by atoms with Crippen LogP contribution in [0.2, 0.25) is 0 Å². The number of benzene rings is 1. The van der Waals surface area contributed by atoms with Crippen molar-refractivity contribution >= 4 is 22.6 Å². The summed E-state index contributed by atoms with van der Waals surface area (Å²) in [5, 5.41) is 10.4. The van der Waals surface area contributed by atoms with Crippen LogP contribution in [0.1, 0.15) is 18.2 Å². The minimum Gasteiger partial charge on any atom is -0.469 e. The number of rotatable bonds is 3. The lowest BCUT2D eigenvalue weighted by Gasteiger charge is -2.22. The Bertz CT molecular complexity index is 443. The van der Waals surface area contributed by atoms with Gasteiger partial charge in [-0.1, -0.05) is 12.1 Å². The van der Waals surface area contributed by atoms with Gasteiger partial charge in [-0.15, -0.1) is 0 Å². The molecule has 0 aliphatic carbocycles. The minimum absolute atomic E-state index is 0.487. The van der Waals surface area contributed by atoms with Crippen LogP contribution in [0.4, 0.5) is 0 Å². The van der Waals surface area contributed by atoms with Crippen LogP contribution in [0.15, 0.2) is 47.1 Å². The normalized spacial score (nSPS) is 14.7. The van der Waals surface area contributed by atoms with Crippen molar-refractivity contribution in [2.45, 2.75) is 18.9 Å². The van der Waals surface area contributed by atoms with E-state index in [9.17, 15) is 5.11 Å². The monoisotopic (exact) mass is 328 g/mol. The predicted molar refractivity (Wildman–Crippen MR) is 71.1 cm³/mol. The number of hydrogen-bond acceptors (Lipinski definition) is 2. The molecule has 1 aromatic heterocycles. The lowest BCUT2D eigenvalue weighted by molar-refractivity contribution is 0.0521. The highest BCUT2D eigenvalue weighted by molar-refractivity contribution is 14.1. The van der Waals surface area contributed by atoms with Crippen molar-refractivity contribution < 1.29 is 9.52 Å². The fourth-order valence-corrected chi connectivity index (χ4v) is 2.02. The van der Waals surface area contributed by atoms with Gasteiger partial charge >= 0.3 is 0 Å². The second-order valence-electron chi connectivity index (χ2n) is 4.04. The largest absolute Gasteiger partial charge is 0.469 e. The van der Waals surface area contributed by atoms with E-state index in [0.717, 1.165) is 14.9 Å². The third-order valence-electron chi connectivity index (χ3n) is 2.56. The molecule has 0 spiro atoms. The molecule has 0 bridgehead atoms. The third-order valence-corrected chi connectivity index (χ3v) is 3.28. The molecule has 1 atom stereocenters. The van der Waals surface area contributed by atoms with Crippen LogP contribution in [-0.4, -0.2) is 5.11 Å². The fourth-order valence-electron chi connectivity index (χ4n) is 1.66. The van der Waals surface area contributed by atoms with Gasteiger partial charge in [0.1, 0.15) is 5.76 Å². The van der Waals surface area contributed by atoms with E-state index >= 15 is 0 Å². The average molecular weight is 328 g/mol. The number of hydrogen-bond donors (Lipinski definition) is 1. The SMILES string of the molecule is CC(O)(Cc1ccco1)c1ccc(I)cc1.